The minimum Gasteiger partial charge on any atom is -0.268 e. The molecule has 0 saturated heterocycles. The maximum atomic E-state index is 4.62. The van der Waals surface area contributed by atoms with Crippen molar-refractivity contribution in [2.45, 2.75) is 38.6 Å². The highest BCUT2D eigenvalue weighted by Gasteiger charge is 2.08. The summed E-state index contributed by atoms with van der Waals surface area (Å²) in [6.07, 6.45) is 1.07. The zero-order valence-corrected chi connectivity index (χ0v) is 12.1. The van der Waals surface area contributed by atoms with E-state index in [1.54, 1.807) is 0 Å². The third kappa shape index (κ3) is 2.96. The average molecular weight is 260 g/mol. The van der Waals surface area contributed by atoms with Crippen LogP contribution in [0.25, 0.3) is 0 Å². The molecule has 1 heterocycles. The van der Waals surface area contributed by atoms with E-state index in [0.717, 1.165) is 18.7 Å². The lowest BCUT2D eigenvalue weighted by Crippen LogP contribution is -2.05. The maximum absolute atomic E-state index is 4.62. The Kier molecular flexibility index (Phi) is 4.48. The first kappa shape index (κ1) is 13.2. The first-order valence-electron chi connectivity index (χ1n) is 6.43. The summed E-state index contributed by atoms with van der Waals surface area (Å²) >= 11 is 1.89. The van der Waals surface area contributed by atoms with Crippen molar-refractivity contribution in [3.05, 3.63) is 47.3 Å². The minimum absolute atomic E-state index is 0.978. The maximum Gasteiger partial charge on any atom is 0.0628 e. The average Bonchev–Trinajstić information content (AvgIpc) is 2.65. The van der Waals surface area contributed by atoms with Gasteiger partial charge in [0, 0.05) is 16.3 Å². The molecule has 0 unspecified atom stereocenters. The van der Waals surface area contributed by atoms with Crippen molar-refractivity contribution < 1.29 is 0 Å². The van der Waals surface area contributed by atoms with Crippen molar-refractivity contribution in [2.24, 2.45) is 0 Å². The van der Waals surface area contributed by atoms with Crippen LogP contribution >= 0.6 is 11.8 Å². The summed E-state index contributed by atoms with van der Waals surface area (Å²) < 4.78 is 2.14. The van der Waals surface area contributed by atoms with Gasteiger partial charge < -0.3 is 0 Å². The molecule has 2 nitrogen and oxygen atoms in total. The van der Waals surface area contributed by atoms with Crippen LogP contribution in [0.5, 0.6) is 0 Å². The number of benzene rings is 1. The lowest BCUT2D eigenvalue weighted by atomic mass is 10.1. The van der Waals surface area contributed by atoms with Gasteiger partial charge in [-0.2, -0.15) is 5.10 Å². The Morgan fingerprint density at radius 1 is 1.17 bits per heavy atom. The first-order chi connectivity index (χ1) is 8.72. The van der Waals surface area contributed by atoms with Gasteiger partial charge >= 0.3 is 0 Å². The van der Waals surface area contributed by atoms with E-state index in [2.05, 4.69) is 60.9 Å². The molecule has 1 aromatic carbocycles. The standard InChI is InChI=1S/C15H20N2S/c1-4-15-12(2)16-17(13(15)3)10-11-18-14-8-6-5-7-9-14/h5-9H,4,10-11H2,1-3H3. The lowest BCUT2D eigenvalue weighted by molar-refractivity contribution is 0.639. The molecule has 0 amide bonds. The van der Waals surface area contributed by atoms with Crippen LogP contribution in [0.2, 0.25) is 0 Å². The van der Waals surface area contributed by atoms with Crippen molar-refractivity contribution in [3.8, 4) is 0 Å². The van der Waals surface area contributed by atoms with E-state index < -0.39 is 0 Å². The van der Waals surface area contributed by atoms with Gasteiger partial charge in [-0.3, -0.25) is 4.68 Å². The Bertz CT molecular complexity index is 503. The Labute approximate surface area is 113 Å². The van der Waals surface area contributed by atoms with Crippen LogP contribution in [0, 0.1) is 13.8 Å². The fourth-order valence-corrected chi connectivity index (χ4v) is 3.08. The van der Waals surface area contributed by atoms with Crippen LogP contribution in [0.15, 0.2) is 35.2 Å². The Morgan fingerprint density at radius 2 is 1.89 bits per heavy atom. The molecule has 96 valence electrons. The first-order valence-corrected chi connectivity index (χ1v) is 7.41. The fraction of sp³-hybridized carbons (Fsp3) is 0.400. The molecule has 0 atom stereocenters. The highest BCUT2D eigenvalue weighted by Crippen LogP contribution is 2.19. The highest BCUT2D eigenvalue weighted by molar-refractivity contribution is 7.99. The molecule has 3 heteroatoms. The third-order valence-electron chi connectivity index (χ3n) is 3.20. The molecular formula is C15H20N2S. The van der Waals surface area contributed by atoms with Crippen molar-refractivity contribution in [2.75, 3.05) is 5.75 Å². The largest absolute Gasteiger partial charge is 0.268 e. The number of rotatable bonds is 5. The molecule has 0 spiro atoms. The second-order valence-corrected chi connectivity index (χ2v) is 5.56. The van der Waals surface area contributed by atoms with Crippen molar-refractivity contribution in [1.82, 2.24) is 9.78 Å². The quantitative estimate of drug-likeness (QED) is 0.760. The molecule has 0 saturated carbocycles. The Balaban J connectivity index is 1.95. The van der Waals surface area contributed by atoms with E-state index >= 15 is 0 Å². The normalized spacial score (nSPS) is 10.8. The molecule has 0 aliphatic carbocycles. The van der Waals surface area contributed by atoms with Gasteiger partial charge in [0.2, 0.25) is 0 Å². The highest BCUT2D eigenvalue weighted by atomic mass is 32.2. The van der Waals surface area contributed by atoms with E-state index in [0.29, 0.717) is 0 Å². The molecular weight excluding hydrogens is 240 g/mol. The number of thioether (sulfide) groups is 1. The van der Waals surface area contributed by atoms with Crippen LogP contribution in [0.1, 0.15) is 23.9 Å². The van der Waals surface area contributed by atoms with Crippen molar-refractivity contribution >= 4 is 11.8 Å². The molecule has 0 N–H and O–H groups in total. The number of nitrogens with zero attached hydrogens (tertiary/aromatic N) is 2. The zero-order chi connectivity index (χ0) is 13.0. The fourth-order valence-electron chi connectivity index (χ4n) is 2.23. The number of aryl methyl sites for hydroxylation is 2. The van der Waals surface area contributed by atoms with Gasteiger partial charge in [0.25, 0.3) is 0 Å². The topological polar surface area (TPSA) is 17.8 Å². The van der Waals surface area contributed by atoms with Crippen LogP contribution in [-0.4, -0.2) is 15.5 Å². The van der Waals surface area contributed by atoms with E-state index in [1.807, 2.05) is 11.8 Å². The van der Waals surface area contributed by atoms with Crippen molar-refractivity contribution in [1.29, 1.82) is 0 Å². The number of aromatic nitrogens is 2. The predicted molar refractivity (Wildman–Crippen MR) is 78.2 cm³/mol. The van der Waals surface area contributed by atoms with Crippen LogP contribution < -0.4 is 0 Å². The van der Waals surface area contributed by atoms with Crippen molar-refractivity contribution in [3.63, 3.8) is 0 Å². The third-order valence-corrected chi connectivity index (χ3v) is 4.19. The van der Waals surface area contributed by atoms with Crippen LogP contribution in [-0.2, 0) is 13.0 Å². The van der Waals surface area contributed by atoms with E-state index in [4.69, 9.17) is 0 Å². The molecule has 1 aromatic heterocycles. The van der Waals surface area contributed by atoms with Gasteiger partial charge in [0.1, 0.15) is 0 Å². The van der Waals surface area contributed by atoms with E-state index in [1.165, 1.54) is 21.8 Å². The minimum atomic E-state index is 0.978. The molecule has 0 bridgehead atoms. The molecule has 0 aliphatic rings. The molecule has 0 fully saturated rings. The smallest absolute Gasteiger partial charge is 0.0628 e. The number of hydrogen-bond donors (Lipinski definition) is 0. The predicted octanol–water partition coefficient (Wildman–Crippen LogP) is 3.85. The van der Waals surface area contributed by atoms with Gasteiger partial charge in [-0.05, 0) is 38.0 Å². The second kappa shape index (κ2) is 6.10. The molecule has 2 rings (SSSR count). The van der Waals surface area contributed by atoms with Crippen LogP contribution in [0.3, 0.4) is 0 Å². The van der Waals surface area contributed by atoms with Gasteiger partial charge in [0.05, 0.1) is 12.2 Å². The summed E-state index contributed by atoms with van der Waals surface area (Å²) in [6, 6.07) is 10.5. The summed E-state index contributed by atoms with van der Waals surface area (Å²) in [7, 11) is 0. The number of hydrogen-bond acceptors (Lipinski definition) is 2. The second-order valence-electron chi connectivity index (χ2n) is 4.39. The van der Waals surface area contributed by atoms with Crippen LogP contribution in [0.4, 0.5) is 0 Å². The summed E-state index contributed by atoms with van der Waals surface area (Å²) in [4.78, 5) is 1.33. The molecule has 0 aliphatic heterocycles. The zero-order valence-electron chi connectivity index (χ0n) is 11.3. The SMILES string of the molecule is CCc1c(C)nn(CCSc2ccccc2)c1C. The van der Waals surface area contributed by atoms with E-state index in [-0.39, 0.29) is 0 Å². The molecule has 0 radical (unpaired) electrons. The van der Waals surface area contributed by atoms with Gasteiger partial charge in [0.15, 0.2) is 0 Å². The summed E-state index contributed by atoms with van der Waals surface area (Å²) in [5, 5.41) is 4.62. The van der Waals surface area contributed by atoms with E-state index in [9.17, 15) is 0 Å². The lowest BCUT2D eigenvalue weighted by Gasteiger charge is -2.05. The monoisotopic (exact) mass is 260 g/mol. The Hall–Kier alpha value is -1.22. The molecule has 18 heavy (non-hydrogen) atoms. The summed E-state index contributed by atoms with van der Waals surface area (Å²) in [6.45, 7) is 7.45. The summed E-state index contributed by atoms with van der Waals surface area (Å²) in [5.74, 6) is 1.06. The van der Waals surface area contributed by atoms with Gasteiger partial charge in [-0.15, -0.1) is 11.8 Å². The van der Waals surface area contributed by atoms with Gasteiger partial charge in [-0.25, -0.2) is 0 Å². The molecule has 2 aromatic rings. The summed E-state index contributed by atoms with van der Waals surface area (Å²) in [5.41, 5.74) is 3.91. The van der Waals surface area contributed by atoms with Gasteiger partial charge in [-0.1, -0.05) is 25.1 Å². The Morgan fingerprint density at radius 3 is 2.50 bits per heavy atom.